The van der Waals surface area contributed by atoms with Crippen LogP contribution >= 0.6 is 0 Å². The zero-order valence-corrected chi connectivity index (χ0v) is 107. The maximum Gasteiger partial charge on any atom is 1.00 e. The molecule has 32 atom stereocenters. The zero-order chi connectivity index (χ0) is 103. The number of carbonyl (C=O) groups excluding carboxylic acids is 8. The van der Waals surface area contributed by atoms with E-state index in [-0.39, 0.29) is 379 Å². The molecule has 143 heavy (non-hydrogen) atoms. The fraction of sp³-hybridized carbons (Fsp3) is 0.774. The van der Waals surface area contributed by atoms with Crippen molar-refractivity contribution in [2.75, 3.05) is 39.6 Å². The molecule has 0 aromatic carbocycles. The van der Waals surface area contributed by atoms with Crippen LogP contribution in [0.1, 0.15) is 19.3 Å². The van der Waals surface area contributed by atoms with Gasteiger partial charge in [-0.15, -0.1) is 50.5 Å². The van der Waals surface area contributed by atoms with E-state index >= 15 is 0 Å². The summed E-state index contributed by atoms with van der Waals surface area (Å²) in [6.45, 7) is 2.02. The van der Waals surface area contributed by atoms with Gasteiger partial charge in [0.05, 0.1) is 50.8 Å². The molecule has 0 spiro atoms. The monoisotopic (exact) mass is 2360 g/mol. The molecule has 8 aliphatic rings. The number of aliphatic hydroxyl groups is 13. The summed E-state index contributed by atoms with van der Waals surface area (Å²) in [5.74, 6) is 0. The number of hydrogen-bond donors (Lipinski definition) is 18. The van der Waals surface area contributed by atoms with Crippen molar-refractivity contribution in [3.8, 4) is 0 Å². The number of unbranched alkanes of at least 4 members (excludes halogenated alkanes) is 2. The van der Waals surface area contributed by atoms with Gasteiger partial charge in [-0.3, -0.25) is 18.2 Å². The predicted molar refractivity (Wildman–Crippen MR) is 374 cm³/mol. The summed E-state index contributed by atoms with van der Waals surface area (Å²) in [5.41, 5.74) is 39.6. The first-order valence-corrected chi connectivity index (χ1v) is 42.9. The maximum absolute atomic E-state index is 11.3. The molecule has 0 aliphatic carbocycles. The van der Waals surface area contributed by atoms with E-state index in [1.165, 1.54) is 13.0 Å². The minimum absolute atomic E-state index is 0. The van der Waals surface area contributed by atoms with Crippen LogP contribution in [-0.2, 0) is 198 Å². The summed E-state index contributed by atoms with van der Waals surface area (Å²) in [6.07, 6.45) is -32.5. The van der Waals surface area contributed by atoms with Crippen molar-refractivity contribution < 1.29 is 656 Å². The van der Waals surface area contributed by atoms with Crippen molar-refractivity contribution in [1.82, 2.24) is 0 Å². The summed E-state index contributed by atoms with van der Waals surface area (Å²) in [6, 6.07) is -6.40. The van der Waals surface area contributed by atoms with Crippen LogP contribution < -0.4 is 360 Å². The third-order valence-corrected chi connectivity index (χ3v) is 14.8. The summed E-state index contributed by atoms with van der Waals surface area (Å²) >= 11 is 0. The van der Waals surface area contributed by atoms with Crippen LogP contribution in [-0.4, -0.2) is 448 Å². The fourth-order valence-corrected chi connectivity index (χ4v) is 9.94. The largest absolute Gasteiger partial charge is 1.00 e. The SMILES string of the molecule is O=C=O.O=C=O.O=C=O.O=C=O.O=S(=O)([O-])O.O=S(=O)([O-])O.O=S(=O)([O-])O.O=S(=O)([O-])O.O=S(=O)=O.O=S(=O)=O.O=S(=O)=O.O=S(=O)=O.[NH-]C1[C@@H](O[C@@H]2[CH-]O[C@@H](O[C@@H]3C(CO)O[C@H](O[C@@H]4[CH-]O[C@@H](O[C@@H]5C(CO)O[C@H](O[C@@H]6[CH-]O[C@@H](O[C@@H]7C(CO)O[C@H](O[C@@H]8[CH-]O[C@@H](OCCCCCN)[CH-][C@@H]8O)C([NH-])[C@H]7O)[CH-][C@@H]6O)C([NH-])[C@H]5O)[CH-][C@@H]4O)C([NH-])[C@H]3O)[CH-][C@@H]2O)OC(CO)[C@@H](O)[C@@H]1O.[Na+].[Na+].[Na+].[Na+].[Na+].[Na+].[Na+].[Na+].[Na+].[Na+].[Na+].[Na+]. The standard InChI is InChI=1S/C49H77N5O29.4CO2.12Na.4H2O4S.4O3S/c50-4-2-1-3-5-68-30-6-18(59)26(14-69-30)78-47-35(52)40(65)43(23(11-56)74-47)82-32-8-20(61)28(16-71-32)80-49-37(54)42(67)45(25(13-58)76-49)83-33-9-21(62)29(17-72-33)79-48-36(53)41(66)44(24(12-57)75-48)81-31-7-19(60)27(15-70-31)77-46-34(51)39(64)38(63)22(10-55)73-46;4*2-1-3;;;;;;;;;;;;;4*1-5(2,3)4;4*1-4(2)3/h6-9,14-49,51-67H,1-5,10-13,50H2;;;;;;;;;;;;;;;;;4*(H2,1,2,3,4);;;;/q-12;;;;;12*+1;;;;;;;;/p-4/t18-,19-,20-,21-,22?,23?,24?,25?,26+,27+,28+,29+,30+,31-,32-,33-,34?,35?,36?,37?,38+,39+,40+,41+,42+,43+,44+,45+,46+,47+,48+,49+;;;;;;;;;;;;;;;;;;;;;;;;/m0......................../s1. The van der Waals surface area contributed by atoms with E-state index in [2.05, 4.69) is 0 Å². The van der Waals surface area contributed by atoms with E-state index in [0.29, 0.717) is 13.2 Å². The van der Waals surface area contributed by atoms with Crippen LogP contribution in [0.2, 0.25) is 0 Å². The predicted octanol–water partition coefficient (Wildman–Crippen LogP) is -52.8. The summed E-state index contributed by atoms with van der Waals surface area (Å²) < 4.78 is 323. The number of rotatable bonds is 24. The quantitative estimate of drug-likeness (QED) is 0.0140. The van der Waals surface area contributed by atoms with Gasteiger partial charge in [-0.05, 0) is 50.2 Å². The van der Waals surface area contributed by atoms with Crippen LogP contribution in [0.25, 0.3) is 22.9 Å². The van der Waals surface area contributed by atoms with Crippen LogP contribution in [0.3, 0.4) is 0 Å². The molecule has 8 saturated heterocycles. The Bertz CT molecular complexity index is 4010. The van der Waals surface area contributed by atoms with Crippen molar-refractivity contribution in [3.05, 3.63) is 75.0 Å². The summed E-state index contributed by atoms with van der Waals surface area (Å²) in [4.78, 5) is 65.0. The van der Waals surface area contributed by atoms with Gasteiger partial charge in [0.15, 0.2) is 0 Å². The Morgan fingerprint density at radius 1 is 0.308 bits per heavy atom. The molecule has 0 radical (unpaired) electrons. The molecule has 772 valence electrons. The molecule has 0 amide bonds. The second-order valence-corrected chi connectivity index (χ2v) is 28.6. The topological polar surface area (TPSA) is 1180 Å². The van der Waals surface area contributed by atoms with E-state index in [1.54, 1.807) is 0 Å². The van der Waals surface area contributed by atoms with Gasteiger partial charge in [-0.25, -0.2) is 59.4 Å². The molecule has 0 aromatic rings. The second-order valence-electron chi connectivity index (χ2n) is 23.5. The van der Waals surface area contributed by atoms with E-state index in [1.807, 2.05) is 0 Å². The Morgan fingerprint density at radius 3 is 0.664 bits per heavy atom. The minimum atomic E-state index is -4.92. The Hall–Kier alpha value is 6.12. The minimum Gasteiger partial charge on any atom is -0.726 e. The van der Waals surface area contributed by atoms with E-state index in [0.717, 1.165) is 58.3 Å². The summed E-state index contributed by atoms with van der Waals surface area (Å²) in [7, 11) is -32.1. The van der Waals surface area contributed by atoms with E-state index in [4.69, 9.17) is 263 Å². The Kier molecular flexibility index (Phi) is 137. The van der Waals surface area contributed by atoms with Crippen molar-refractivity contribution >= 4 is 109 Å². The smallest absolute Gasteiger partial charge is 0.726 e. The van der Waals surface area contributed by atoms with Gasteiger partial charge in [0.25, 0.3) is 0 Å². The van der Waals surface area contributed by atoms with Gasteiger partial charge in [0.1, 0.15) is 74.0 Å². The van der Waals surface area contributed by atoms with Gasteiger partial charge >= 0.3 is 422 Å². The van der Waals surface area contributed by atoms with Gasteiger partial charge in [-0.1, -0.05) is 48.6 Å². The Labute approximate surface area is 1080 Å². The molecule has 8 rings (SSSR count). The van der Waals surface area contributed by atoms with Gasteiger partial charge in [0.2, 0.25) is 41.6 Å². The number of aliphatic hydroxyl groups excluding tert-OH is 13. The van der Waals surface area contributed by atoms with Gasteiger partial charge < -0.3 is 189 Å². The molecule has 23 N–H and O–H groups in total. The normalized spacial score (nSPS) is 31.2. The zero-order valence-electron chi connectivity index (χ0n) is 76.5. The third-order valence-electron chi connectivity index (χ3n) is 14.8. The van der Waals surface area contributed by atoms with E-state index in [9.17, 15) is 66.4 Å². The van der Waals surface area contributed by atoms with Crippen LogP contribution in [0, 0.1) is 52.1 Å². The molecular formula is C53H81N5Na12O65S8-4. The Balaban J connectivity index is -0.000000148. The second kappa shape index (κ2) is 105. The molecule has 0 bridgehead atoms. The van der Waals surface area contributed by atoms with E-state index < -0.39 is 307 Å². The van der Waals surface area contributed by atoms with Gasteiger partial charge in [-0.2, -0.15) is 64.8 Å². The molecule has 8 fully saturated rings. The molecule has 8 unspecified atom stereocenters. The first-order chi connectivity index (χ1) is 60.3. The molecule has 8 aliphatic heterocycles. The average molecular weight is 2360 g/mol. The van der Waals surface area contributed by atoms with Crippen LogP contribution in [0.4, 0.5) is 0 Å². The molecule has 70 nitrogen and oxygen atoms in total. The average Bonchev–Trinajstić information content (AvgIpc) is 0.801. The number of hydrogen-bond acceptors (Lipinski definition) is 62. The maximum atomic E-state index is 11.3. The number of nitrogens with two attached hydrogens (primary N) is 1. The van der Waals surface area contributed by atoms with Crippen LogP contribution in [0.15, 0.2) is 0 Å². The van der Waals surface area contributed by atoms with Crippen molar-refractivity contribution in [3.63, 3.8) is 0 Å². The van der Waals surface area contributed by atoms with Crippen molar-refractivity contribution in [2.45, 2.75) is 216 Å². The van der Waals surface area contributed by atoms with Crippen molar-refractivity contribution in [1.29, 1.82) is 0 Å². The first-order valence-electron chi connectivity index (χ1n) is 33.4. The first kappa shape index (κ1) is 187. The molecular weight excluding hydrogens is 2280 g/mol. The molecule has 90 heteroatoms. The summed E-state index contributed by atoms with van der Waals surface area (Å²) in [5, 5.41) is 138. The van der Waals surface area contributed by atoms with Crippen molar-refractivity contribution in [2.24, 2.45) is 5.73 Å². The molecule has 8 heterocycles. The fourth-order valence-electron chi connectivity index (χ4n) is 9.94. The number of nitrogens with one attached hydrogen (secondary N) is 4. The molecule has 0 aromatic heterocycles. The Morgan fingerprint density at radius 2 is 0.483 bits per heavy atom. The van der Waals surface area contributed by atoms with Gasteiger partial charge in [0, 0.05) is 31.8 Å². The number of ether oxygens (including phenoxy) is 16. The van der Waals surface area contributed by atoms with Crippen LogP contribution in [0.5, 0.6) is 0 Å². The third kappa shape index (κ3) is 96.4. The molecule has 0 saturated carbocycles.